The van der Waals surface area contributed by atoms with Gasteiger partial charge in [0.2, 0.25) is 0 Å². The number of aryl methyl sites for hydroxylation is 2. The lowest BCUT2D eigenvalue weighted by molar-refractivity contribution is 0.0695. The molecule has 0 amide bonds. The summed E-state index contributed by atoms with van der Waals surface area (Å²) in [5.74, 6) is -0.262. The molecule has 2 aromatic heterocycles. The van der Waals surface area contributed by atoms with E-state index in [1.807, 2.05) is 0 Å². The van der Waals surface area contributed by atoms with Gasteiger partial charge in [-0.2, -0.15) is 0 Å². The lowest BCUT2D eigenvalue weighted by Crippen LogP contribution is -2.21. The van der Waals surface area contributed by atoms with Crippen LogP contribution in [0, 0.1) is 13.8 Å². The zero-order chi connectivity index (χ0) is 14.2. The van der Waals surface area contributed by atoms with Crippen molar-refractivity contribution < 1.29 is 14.3 Å². The number of hydrogen-bond acceptors (Lipinski definition) is 3. The van der Waals surface area contributed by atoms with Crippen molar-refractivity contribution >= 4 is 21.9 Å². The first kappa shape index (κ1) is 13.6. The van der Waals surface area contributed by atoms with Gasteiger partial charge in [0.1, 0.15) is 17.1 Å². The van der Waals surface area contributed by atoms with E-state index in [9.17, 15) is 9.59 Å². The van der Waals surface area contributed by atoms with Gasteiger partial charge in [-0.05, 0) is 41.9 Å². The van der Waals surface area contributed by atoms with E-state index in [1.54, 1.807) is 26.1 Å². The maximum Gasteiger partial charge on any atom is 0.339 e. The third-order valence-corrected chi connectivity index (χ3v) is 3.19. The molecule has 2 aromatic rings. The number of rotatable bonds is 3. The predicted molar refractivity (Wildman–Crippen MR) is 72.6 cm³/mol. The summed E-state index contributed by atoms with van der Waals surface area (Å²) in [6.07, 6.45) is 1.65. The van der Waals surface area contributed by atoms with Crippen LogP contribution in [0.15, 0.2) is 32.0 Å². The third kappa shape index (κ3) is 2.78. The molecular weight excluding hydrogens is 314 g/mol. The van der Waals surface area contributed by atoms with E-state index in [0.29, 0.717) is 17.1 Å². The molecule has 0 unspecified atom stereocenters. The molecule has 1 N–H and O–H groups in total. The van der Waals surface area contributed by atoms with Crippen LogP contribution in [0.3, 0.4) is 0 Å². The number of nitrogens with zero attached hydrogens (tertiary/aromatic N) is 1. The van der Waals surface area contributed by atoms with E-state index in [1.165, 1.54) is 10.6 Å². The maximum absolute atomic E-state index is 11.9. The molecule has 0 bridgehead atoms. The fourth-order valence-corrected chi connectivity index (χ4v) is 2.45. The van der Waals surface area contributed by atoms with Crippen LogP contribution in [-0.2, 0) is 6.54 Å². The van der Waals surface area contributed by atoms with Crippen LogP contribution in [0.25, 0.3) is 0 Å². The average Bonchev–Trinajstić information content (AvgIpc) is 2.66. The van der Waals surface area contributed by atoms with Crippen LogP contribution in [0.2, 0.25) is 0 Å². The molecule has 0 saturated carbocycles. The third-order valence-electron chi connectivity index (χ3n) is 2.76. The van der Waals surface area contributed by atoms with Crippen molar-refractivity contribution in [3.63, 3.8) is 0 Å². The van der Waals surface area contributed by atoms with Gasteiger partial charge in [0.15, 0.2) is 0 Å². The Morgan fingerprint density at radius 2 is 2.11 bits per heavy atom. The minimum absolute atomic E-state index is 0.120. The van der Waals surface area contributed by atoms with E-state index in [0.717, 1.165) is 4.47 Å². The van der Waals surface area contributed by atoms with Crippen LogP contribution in [0.5, 0.6) is 0 Å². The molecule has 100 valence electrons. The topological polar surface area (TPSA) is 72.4 Å². The largest absolute Gasteiger partial charge is 0.478 e. The number of carboxylic acid groups (broad SMARTS) is 1. The summed E-state index contributed by atoms with van der Waals surface area (Å²) < 4.78 is 7.62. The molecular formula is C13H12BrNO4. The lowest BCUT2D eigenvalue weighted by Gasteiger charge is -2.05. The van der Waals surface area contributed by atoms with Crippen molar-refractivity contribution in [2.24, 2.45) is 0 Å². The summed E-state index contributed by atoms with van der Waals surface area (Å²) in [5, 5.41) is 8.95. The SMILES string of the molecule is Cc1oc(Cn2cc(Br)cc(C)c2=O)cc1C(=O)O. The number of aromatic nitrogens is 1. The molecule has 0 saturated heterocycles. The Balaban J connectivity index is 2.39. The molecule has 19 heavy (non-hydrogen) atoms. The average molecular weight is 326 g/mol. The Labute approximate surface area is 117 Å². The fraction of sp³-hybridized carbons (Fsp3) is 0.231. The van der Waals surface area contributed by atoms with Crippen LogP contribution in [0.1, 0.15) is 27.4 Å². The Hall–Kier alpha value is -1.82. The van der Waals surface area contributed by atoms with Crippen molar-refractivity contribution in [1.29, 1.82) is 0 Å². The minimum atomic E-state index is -1.04. The second-order valence-electron chi connectivity index (χ2n) is 4.26. The first-order valence-corrected chi connectivity index (χ1v) is 6.37. The van der Waals surface area contributed by atoms with Crippen molar-refractivity contribution in [1.82, 2.24) is 4.57 Å². The fourth-order valence-electron chi connectivity index (χ4n) is 1.86. The highest BCUT2D eigenvalue weighted by atomic mass is 79.9. The molecule has 0 atom stereocenters. The normalized spacial score (nSPS) is 10.7. The Morgan fingerprint density at radius 3 is 2.68 bits per heavy atom. The molecule has 0 aliphatic heterocycles. The Kier molecular flexibility index (Phi) is 3.61. The summed E-state index contributed by atoms with van der Waals surface area (Å²) in [6, 6.07) is 3.18. The number of carbonyl (C=O) groups is 1. The maximum atomic E-state index is 11.9. The number of halogens is 1. The van der Waals surface area contributed by atoms with Gasteiger partial charge in [-0.25, -0.2) is 4.79 Å². The summed E-state index contributed by atoms with van der Waals surface area (Å²) in [7, 11) is 0. The summed E-state index contributed by atoms with van der Waals surface area (Å²) in [4.78, 5) is 22.9. The van der Waals surface area contributed by atoms with Gasteiger partial charge in [0, 0.05) is 16.2 Å². The van der Waals surface area contributed by atoms with Gasteiger partial charge >= 0.3 is 5.97 Å². The molecule has 2 rings (SSSR count). The molecule has 6 heteroatoms. The van der Waals surface area contributed by atoms with Gasteiger partial charge in [-0.3, -0.25) is 4.79 Å². The second kappa shape index (κ2) is 5.05. The quantitative estimate of drug-likeness (QED) is 0.941. The molecule has 0 aliphatic carbocycles. The van der Waals surface area contributed by atoms with Gasteiger partial charge < -0.3 is 14.1 Å². The van der Waals surface area contributed by atoms with Crippen LogP contribution < -0.4 is 5.56 Å². The number of aromatic carboxylic acids is 1. The van der Waals surface area contributed by atoms with Crippen molar-refractivity contribution in [2.75, 3.05) is 0 Å². The molecule has 0 fully saturated rings. The predicted octanol–water partition coefficient (Wildman–Crippen LogP) is 2.57. The van der Waals surface area contributed by atoms with Crippen molar-refractivity contribution in [3.05, 3.63) is 55.8 Å². The highest BCUT2D eigenvalue weighted by Crippen LogP contribution is 2.16. The van der Waals surface area contributed by atoms with Gasteiger partial charge in [-0.15, -0.1) is 0 Å². The highest BCUT2D eigenvalue weighted by molar-refractivity contribution is 9.10. The van der Waals surface area contributed by atoms with E-state index in [2.05, 4.69) is 15.9 Å². The van der Waals surface area contributed by atoms with Gasteiger partial charge in [0.05, 0.1) is 6.54 Å². The van der Waals surface area contributed by atoms with Gasteiger partial charge in [-0.1, -0.05) is 0 Å². The first-order valence-electron chi connectivity index (χ1n) is 5.57. The van der Waals surface area contributed by atoms with Crippen LogP contribution >= 0.6 is 15.9 Å². The zero-order valence-electron chi connectivity index (χ0n) is 10.4. The monoisotopic (exact) mass is 325 g/mol. The zero-order valence-corrected chi connectivity index (χ0v) is 12.0. The number of carboxylic acids is 1. The van der Waals surface area contributed by atoms with Crippen molar-refractivity contribution in [3.8, 4) is 0 Å². The van der Waals surface area contributed by atoms with E-state index in [-0.39, 0.29) is 17.7 Å². The van der Waals surface area contributed by atoms with E-state index >= 15 is 0 Å². The standard InChI is InChI=1S/C13H12BrNO4/c1-7-3-9(14)5-15(12(7)16)6-10-4-11(13(17)18)8(2)19-10/h3-5H,6H2,1-2H3,(H,17,18). The van der Waals surface area contributed by atoms with Gasteiger partial charge in [0.25, 0.3) is 5.56 Å². The highest BCUT2D eigenvalue weighted by Gasteiger charge is 2.14. The second-order valence-corrected chi connectivity index (χ2v) is 5.18. The Morgan fingerprint density at radius 1 is 1.42 bits per heavy atom. The number of pyridine rings is 1. The number of furan rings is 1. The summed E-state index contributed by atoms with van der Waals surface area (Å²) in [6.45, 7) is 3.51. The minimum Gasteiger partial charge on any atom is -0.478 e. The summed E-state index contributed by atoms with van der Waals surface area (Å²) in [5.41, 5.74) is 0.597. The Bertz CT molecular complexity index is 699. The molecule has 0 aromatic carbocycles. The smallest absolute Gasteiger partial charge is 0.339 e. The molecule has 2 heterocycles. The lowest BCUT2D eigenvalue weighted by atomic mass is 10.2. The number of hydrogen-bond donors (Lipinski definition) is 1. The van der Waals surface area contributed by atoms with Crippen LogP contribution in [-0.4, -0.2) is 15.6 Å². The molecule has 5 nitrogen and oxygen atoms in total. The molecule has 0 aliphatic rings. The molecule has 0 spiro atoms. The van der Waals surface area contributed by atoms with E-state index < -0.39 is 5.97 Å². The molecule has 0 radical (unpaired) electrons. The van der Waals surface area contributed by atoms with Crippen molar-refractivity contribution in [2.45, 2.75) is 20.4 Å². The summed E-state index contributed by atoms with van der Waals surface area (Å²) >= 11 is 3.32. The first-order chi connectivity index (χ1) is 8.88. The van der Waals surface area contributed by atoms with E-state index in [4.69, 9.17) is 9.52 Å². The van der Waals surface area contributed by atoms with Crippen LogP contribution in [0.4, 0.5) is 0 Å².